The van der Waals surface area contributed by atoms with Gasteiger partial charge >= 0.3 is 0 Å². The molecule has 0 saturated carbocycles. The van der Waals surface area contributed by atoms with Crippen molar-refractivity contribution < 1.29 is 4.79 Å². The minimum atomic E-state index is 0.349. The van der Waals surface area contributed by atoms with E-state index in [1.165, 1.54) is 6.20 Å². The van der Waals surface area contributed by atoms with Crippen LogP contribution in [0.15, 0.2) is 18.3 Å². The topological polar surface area (TPSA) is 56.0 Å². The summed E-state index contributed by atoms with van der Waals surface area (Å²) in [6.45, 7) is 0. The summed E-state index contributed by atoms with van der Waals surface area (Å²) < 4.78 is 0. The molecule has 1 rings (SSSR count). The van der Waals surface area contributed by atoms with Gasteiger partial charge < -0.3 is 10.5 Å². The van der Waals surface area contributed by atoms with Gasteiger partial charge in [-0.25, -0.2) is 4.98 Å². The van der Waals surface area contributed by atoms with Gasteiger partial charge in [0.1, 0.15) is 11.4 Å². The Kier molecular flexibility index (Phi) is 3.46. The van der Waals surface area contributed by atoms with Gasteiger partial charge in [0.25, 0.3) is 0 Å². The van der Waals surface area contributed by atoms with Gasteiger partial charge in [-0.1, -0.05) is 23.8 Å². The van der Waals surface area contributed by atoms with E-state index in [1.807, 2.05) is 0 Å². The molecule has 1 heterocycles. The number of hydrogen-bond acceptors (Lipinski definition) is 3. The van der Waals surface area contributed by atoms with E-state index in [1.54, 1.807) is 18.2 Å². The van der Waals surface area contributed by atoms with Crippen molar-refractivity contribution in [1.82, 2.24) is 4.98 Å². The van der Waals surface area contributed by atoms with Gasteiger partial charge in [-0.05, 0) is 6.07 Å². The third-order valence-electron chi connectivity index (χ3n) is 1.49. The average molecular weight is 197 g/mol. The van der Waals surface area contributed by atoms with Crippen LogP contribution < -0.4 is 5.73 Å². The number of nitrogens with zero attached hydrogens (tertiary/aromatic N) is 1. The van der Waals surface area contributed by atoms with Crippen LogP contribution in [-0.2, 0) is 4.79 Å². The zero-order valence-corrected chi connectivity index (χ0v) is 7.66. The lowest BCUT2D eigenvalue weighted by Gasteiger charge is -2.00. The lowest BCUT2D eigenvalue weighted by Crippen LogP contribution is -1.91. The third-order valence-corrected chi connectivity index (χ3v) is 1.79. The summed E-state index contributed by atoms with van der Waals surface area (Å²) in [6, 6.07) is 1.66. The number of rotatable bonds is 3. The van der Waals surface area contributed by atoms with E-state index in [-0.39, 0.29) is 0 Å². The average Bonchev–Trinajstić information content (AvgIpc) is 2.10. The van der Waals surface area contributed by atoms with Gasteiger partial charge in [0, 0.05) is 23.9 Å². The van der Waals surface area contributed by atoms with Crippen LogP contribution in [-0.4, -0.2) is 11.3 Å². The molecule has 1 aromatic heterocycles. The van der Waals surface area contributed by atoms with E-state index in [4.69, 9.17) is 17.3 Å². The fraction of sp³-hybridized carbons (Fsp3) is 0.111. The number of aldehydes is 1. The molecule has 0 atom stereocenters. The van der Waals surface area contributed by atoms with Gasteiger partial charge in [0.2, 0.25) is 0 Å². The van der Waals surface area contributed by atoms with E-state index < -0.39 is 0 Å². The minimum Gasteiger partial charge on any atom is -0.398 e. The Bertz CT molecular complexity index is 316. The number of allylic oxidation sites excluding steroid dienone is 1. The van der Waals surface area contributed by atoms with Crippen molar-refractivity contribution in [3.05, 3.63) is 29.1 Å². The number of hydrogen-bond donors (Lipinski definition) is 1. The van der Waals surface area contributed by atoms with E-state index in [0.29, 0.717) is 22.8 Å². The van der Waals surface area contributed by atoms with E-state index >= 15 is 0 Å². The molecule has 13 heavy (non-hydrogen) atoms. The number of anilines is 1. The smallest absolute Gasteiger partial charge is 0.138 e. The van der Waals surface area contributed by atoms with Crippen LogP contribution >= 0.6 is 11.6 Å². The molecule has 0 spiro atoms. The molecule has 0 saturated heterocycles. The lowest BCUT2D eigenvalue weighted by atomic mass is 10.2. The molecular weight excluding hydrogens is 188 g/mol. The second-order valence-electron chi connectivity index (χ2n) is 2.41. The number of nitrogens with two attached hydrogens (primary N) is 1. The highest BCUT2D eigenvalue weighted by Gasteiger charge is 2.00. The van der Waals surface area contributed by atoms with Crippen LogP contribution in [0.1, 0.15) is 12.0 Å². The van der Waals surface area contributed by atoms with Crippen LogP contribution in [0.5, 0.6) is 0 Å². The van der Waals surface area contributed by atoms with Crippen LogP contribution in [0.4, 0.5) is 5.69 Å². The number of carbonyl (C=O) groups is 1. The largest absolute Gasteiger partial charge is 0.398 e. The monoisotopic (exact) mass is 196 g/mol. The molecule has 3 nitrogen and oxygen atoms in total. The maximum Gasteiger partial charge on any atom is 0.138 e. The molecule has 0 aliphatic heterocycles. The summed E-state index contributed by atoms with van der Waals surface area (Å²) in [6.07, 6.45) is 6.07. The molecule has 0 radical (unpaired) electrons. The molecule has 0 aliphatic rings. The summed E-state index contributed by atoms with van der Waals surface area (Å²) in [4.78, 5) is 13.9. The van der Waals surface area contributed by atoms with Gasteiger partial charge in [0.05, 0.1) is 0 Å². The molecule has 68 valence electrons. The molecule has 0 bridgehead atoms. The second-order valence-corrected chi connectivity index (χ2v) is 2.77. The first kappa shape index (κ1) is 9.74. The number of aromatic nitrogens is 1. The predicted octanol–water partition coefficient (Wildman–Crippen LogP) is 1.92. The molecule has 0 aromatic carbocycles. The highest BCUT2D eigenvalue weighted by molar-refractivity contribution is 6.31. The van der Waals surface area contributed by atoms with Gasteiger partial charge in [0.15, 0.2) is 0 Å². The van der Waals surface area contributed by atoms with Crippen molar-refractivity contribution in [2.45, 2.75) is 6.42 Å². The van der Waals surface area contributed by atoms with Crippen molar-refractivity contribution in [2.24, 2.45) is 0 Å². The first-order valence-corrected chi connectivity index (χ1v) is 4.13. The summed E-state index contributed by atoms with van der Waals surface area (Å²) >= 11 is 5.78. The highest BCUT2D eigenvalue weighted by atomic mass is 35.5. The van der Waals surface area contributed by atoms with Crippen molar-refractivity contribution >= 4 is 29.7 Å². The summed E-state index contributed by atoms with van der Waals surface area (Å²) in [5.41, 5.74) is 6.86. The number of pyridine rings is 1. The molecular formula is C9H9ClN2O. The van der Waals surface area contributed by atoms with Crippen molar-refractivity contribution in [1.29, 1.82) is 0 Å². The Hall–Kier alpha value is -1.35. The van der Waals surface area contributed by atoms with E-state index in [9.17, 15) is 4.79 Å². The predicted molar refractivity (Wildman–Crippen MR) is 53.4 cm³/mol. The van der Waals surface area contributed by atoms with Crippen LogP contribution in [0.25, 0.3) is 6.08 Å². The molecule has 2 N–H and O–H groups in total. The quantitative estimate of drug-likeness (QED) is 0.594. The Labute approximate surface area is 81.2 Å². The zero-order valence-electron chi connectivity index (χ0n) is 6.90. The first-order valence-electron chi connectivity index (χ1n) is 3.76. The molecule has 0 fully saturated rings. The maximum absolute atomic E-state index is 10.0. The van der Waals surface area contributed by atoms with Crippen molar-refractivity contribution in [2.75, 3.05) is 5.73 Å². The fourth-order valence-electron chi connectivity index (χ4n) is 0.868. The minimum absolute atomic E-state index is 0.349. The maximum atomic E-state index is 10.0. The molecule has 1 aromatic rings. The second kappa shape index (κ2) is 4.62. The summed E-state index contributed by atoms with van der Waals surface area (Å²) in [5, 5.41) is 0.349. The Morgan fingerprint density at radius 1 is 1.62 bits per heavy atom. The van der Waals surface area contributed by atoms with Gasteiger partial charge in [-0.2, -0.15) is 0 Å². The van der Waals surface area contributed by atoms with Crippen molar-refractivity contribution in [3.63, 3.8) is 0 Å². The summed E-state index contributed by atoms with van der Waals surface area (Å²) in [5.74, 6) is 0. The molecule has 4 heteroatoms. The van der Waals surface area contributed by atoms with Crippen LogP contribution in [0.2, 0.25) is 5.15 Å². The Morgan fingerprint density at radius 2 is 2.38 bits per heavy atom. The third kappa shape index (κ3) is 2.56. The number of halogens is 1. The van der Waals surface area contributed by atoms with E-state index in [2.05, 4.69) is 4.98 Å². The first-order chi connectivity index (χ1) is 6.25. The zero-order chi connectivity index (χ0) is 9.68. The van der Waals surface area contributed by atoms with Crippen molar-refractivity contribution in [3.8, 4) is 0 Å². The highest BCUT2D eigenvalue weighted by Crippen LogP contribution is 2.20. The Morgan fingerprint density at radius 3 is 3.00 bits per heavy atom. The van der Waals surface area contributed by atoms with Crippen LogP contribution in [0.3, 0.4) is 0 Å². The standard InChI is InChI=1S/C9H9ClN2O/c10-9-7(3-1-2-6-13)8(11)4-5-12-9/h1,3-6H,2H2,(H2,11,12). The number of nitrogen functional groups attached to an aromatic ring is 1. The van der Waals surface area contributed by atoms with Gasteiger partial charge in [-0.15, -0.1) is 0 Å². The normalized spacial score (nSPS) is 10.5. The fourth-order valence-corrected chi connectivity index (χ4v) is 1.10. The molecule has 0 amide bonds. The SMILES string of the molecule is Nc1ccnc(Cl)c1C=CCC=O. The number of carbonyl (C=O) groups excluding carboxylic acids is 1. The lowest BCUT2D eigenvalue weighted by molar-refractivity contribution is -0.107. The van der Waals surface area contributed by atoms with Gasteiger partial charge in [-0.3, -0.25) is 0 Å². The van der Waals surface area contributed by atoms with Crippen LogP contribution in [0, 0.1) is 0 Å². The molecule has 0 unspecified atom stereocenters. The molecule has 0 aliphatic carbocycles. The summed E-state index contributed by atoms with van der Waals surface area (Å²) in [7, 11) is 0. The Balaban J connectivity index is 2.92. The van der Waals surface area contributed by atoms with E-state index in [0.717, 1.165) is 6.29 Å².